The van der Waals surface area contributed by atoms with E-state index in [1.165, 1.54) is 0 Å². The molecule has 2 aromatic rings. The number of ketones is 1. The van der Waals surface area contributed by atoms with Gasteiger partial charge in [-0.2, -0.15) is 0 Å². The second-order valence-electron chi connectivity index (χ2n) is 3.01. The summed E-state index contributed by atoms with van der Waals surface area (Å²) in [5, 5.41) is 9.11. The van der Waals surface area contributed by atoms with Gasteiger partial charge < -0.3 is 9.52 Å². The van der Waals surface area contributed by atoms with Crippen molar-refractivity contribution in [1.29, 1.82) is 0 Å². The number of carbonyl (C=O) groups excluding carboxylic acids is 1. The zero-order chi connectivity index (χ0) is 10.8. The normalized spacial score (nSPS) is 10.8. The van der Waals surface area contributed by atoms with Crippen molar-refractivity contribution >= 4 is 32.8 Å². The van der Waals surface area contributed by atoms with Crippen molar-refractivity contribution < 1.29 is 14.3 Å². The van der Waals surface area contributed by atoms with Gasteiger partial charge in [0, 0.05) is 5.56 Å². The molecular formula is C10H8BrNO3. The molecule has 0 bridgehead atoms. The van der Waals surface area contributed by atoms with Crippen LogP contribution in [-0.4, -0.2) is 21.2 Å². The Labute approximate surface area is 94.0 Å². The molecule has 5 heteroatoms. The summed E-state index contributed by atoms with van der Waals surface area (Å²) in [5.41, 5.74) is 1.74. The lowest BCUT2D eigenvalue weighted by molar-refractivity contribution is 0.102. The molecule has 0 spiro atoms. The summed E-state index contributed by atoms with van der Waals surface area (Å²) in [6.45, 7) is -0.240. The second-order valence-corrected chi connectivity index (χ2v) is 3.57. The SMILES string of the molecule is O=C(CBr)c1ccc2oc(CO)nc2c1. The lowest BCUT2D eigenvalue weighted by Gasteiger charge is -1.94. The Hall–Kier alpha value is -1.20. The number of hydrogen-bond donors (Lipinski definition) is 1. The van der Waals surface area contributed by atoms with E-state index in [9.17, 15) is 4.79 Å². The van der Waals surface area contributed by atoms with E-state index in [4.69, 9.17) is 9.52 Å². The van der Waals surface area contributed by atoms with Crippen molar-refractivity contribution in [3.63, 3.8) is 0 Å². The van der Waals surface area contributed by atoms with Crippen molar-refractivity contribution in [2.75, 3.05) is 5.33 Å². The first kappa shape index (κ1) is 10.3. The zero-order valence-electron chi connectivity index (χ0n) is 7.74. The zero-order valence-corrected chi connectivity index (χ0v) is 9.32. The maximum absolute atomic E-state index is 11.4. The third-order valence-corrected chi connectivity index (χ3v) is 2.52. The van der Waals surface area contributed by atoms with E-state index in [-0.39, 0.29) is 23.6 Å². The largest absolute Gasteiger partial charge is 0.438 e. The summed E-state index contributed by atoms with van der Waals surface area (Å²) in [6.07, 6.45) is 0. The molecule has 0 saturated heterocycles. The molecule has 4 nitrogen and oxygen atoms in total. The molecule has 0 saturated carbocycles. The lowest BCUT2D eigenvalue weighted by atomic mass is 10.1. The molecule has 0 fully saturated rings. The van der Waals surface area contributed by atoms with Crippen LogP contribution in [-0.2, 0) is 6.61 Å². The number of oxazole rings is 1. The molecule has 1 aromatic carbocycles. The van der Waals surface area contributed by atoms with Crippen molar-refractivity contribution in [3.05, 3.63) is 29.7 Å². The van der Waals surface area contributed by atoms with Gasteiger partial charge in [-0.1, -0.05) is 15.9 Å². The van der Waals surface area contributed by atoms with E-state index in [1.807, 2.05) is 0 Å². The highest BCUT2D eigenvalue weighted by Gasteiger charge is 2.08. The number of aromatic nitrogens is 1. The third kappa shape index (κ3) is 1.93. The lowest BCUT2D eigenvalue weighted by Crippen LogP contribution is -1.98. The molecule has 0 atom stereocenters. The fraction of sp³-hybridized carbons (Fsp3) is 0.200. The minimum absolute atomic E-state index is 0.00884. The van der Waals surface area contributed by atoms with E-state index >= 15 is 0 Å². The second kappa shape index (κ2) is 4.12. The first-order valence-corrected chi connectivity index (χ1v) is 5.46. The molecular weight excluding hydrogens is 262 g/mol. The number of aliphatic hydroxyl groups excluding tert-OH is 1. The van der Waals surface area contributed by atoms with Crippen LogP contribution >= 0.6 is 15.9 Å². The molecule has 0 aliphatic rings. The summed E-state index contributed by atoms with van der Waals surface area (Å²) in [5.74, 6) is 0.249. The molecule has 0 unspecified atom stereocenters. The van der Waals surface area contributed by atoms with Gasteiger partial charge in [0.15, 0.2) is 11.4 Å². The van der Waals surface area contributed by atoms with Crippen molar-refractivity contribution in [3.8, 4) is 0 Å². The van der Waals surface area contributed by atoms with Crippen LogP contribution in [0, 0.1) is 0 Å². The Morgan fingerprint density at radius 1 is 1.53 bits per heavy atom. The van der Waals surface area contributed by atoms with Gasteiger partial charge in [0.25, 0.3) is 0 Å². The molecule has 15 heavy (non-hydrogen) atoms. The number of aliphatic hydroxyl groups is 1. The predicted molar refractivity (Wildman–Crippen MR) is 58.1 cm³/mol. The van der Waals surface area contributed by atoms with Crippen LogP contribution in [0.15, 0.2) is 22.6 Å². The Bertz CT molecular complexity index is 506. The van der Waals surface area contributed by atoms with Gasteiger partial charge in [0.1, 0.15) is 12.1 Å². The average molecular weight is 270 g/mol. The van der Waals surface area contributed by atoms with Crippen LogP contribution in [0.2, 0.25) is 0 Å². The topological polar surface area (TPSA) is 63.3 Å². The van der Waals surface area contributed by atoms with Crippen molar-refractivity contribution in [2.45, 2.75) is 6.61 Å². The van der Waals surface area contributed by atoms with Crippen molar-refractivity contribution in [2.24, 2.45) is 0 Å². The number of carbonyl (C=O) groups is 1. The van der Waals surface area contributed by atoms with Gasteiger partial charge >= 0.3 is 0 Å². The predicted octanol–water partition coefficient (Wildman–Crippen LogP) is 1.90. The number of Topliss-reactive ketones (excluding diaryl/α,β-unsaturated/α-hetero) is 1. The molecule has 1 aromatic heterocycles. The first-order chi connectivity index (χ1) is 7.24. The highest BCUT2D eigenvalue weighted by molar-refractivity contribution is 9.09. The van der Waals surface area contributed by atoms with E-state index in [2.05, 4.69) is 20.9 Å². The van der Waals surface area contributed by atoms with Crippen LogP contribution in [0.1, 0.15) is 16.2 Å². The van der Waals surface area contributed by atoms with Gasteiger partial charge in [-0.05, 0) is 18.2 Å². The Kier molecular flexibility index (Phi) is 2.83. The fourth-order valence-corrected chi connectivity index (χ4v) is 1.62. The summed E-state index contributed by atoms with van der Waals surface area (Å²) in [7, 11) is 0. The van der Waals surface area contributed by atoms with Gasteiger partial charge in [-0.3, -0.25) is 4.79 Å². The monoisotopic (exact) mass is 269 g/mol. The molecule has 0 radical (unpaired) electrons. The standard InChI is InChI=1S/C10H8BrNO3/c11-4-8(14)6-1-2-9-7(3-6)12-10(5-13)15-9/h1-3,13H,4-5H2. The Morgan fingerprint density at radius 3 is 3.00 bits per heavy atom. The molecule has 1 heterocycles. The Morgan fingerprint density at radius 2 is 2.33 bits per heavy atom. The number of hydrogen-bond acceptors (Lipinski definition) is 4. The molecule has 0 aliphatic carbocycles. The number of nitrogens with zero attached hydrogens (tertiary/aromatic N) is 1. The number of rotatable bonds is 3. The van der Waals surface area contributed by atoms with E-state index in [1.54, 1.807) is 18.2 Å². The highest BCUT2D eigenvalue weighted by Crippen LogP contribution is 2.17. The minimum Gasteiger partial charge on any atom is -0.438 e. The quantitative estimate of drug-likeness (QED) is 0.683. The van der Waals surface area contributed by atoms with Crippen molar-refractivity contribution in [1.82, 2.24) is 4.98 Å². The molecule has 2 rings (SSSR count). The van der Waals surface area contributed by atoms with Gasteiger partial charge in [-0.25, -0.2) is 4.98 Å². The fourth-order valence-electron chi connectivity index (χ4n) is 1.29. The number of fused-ring (bicyclic) bond motifs is 1. The summed E-state index contributed by atoms with van der Waals surface area (Å²) in [4.78, 5) is 15.4. The van der Waals surface area contributed by atoms with Crippen LogP contribution in [0.25, 0.3) is 11.1 Å². The van der Waals surface area contributed by atoms with Crippen LogP contribution < -0.4 is 0 Å². The van der Waals surface area contributed by atoms with Crippen LogP contribution in [0.3, 0.4) is 0 Å². The maximum Gasteiger partial charge on any atom is 0.221 e. The highest BCUT2D eigenvalue weighted by atomic mass is 79.9. The summed E-state index contributed by atoms with van der Waals surface area (Å²) >= 11 is 3.10. The number of halogens is 1. The summed E-state index contributed by atoms with van der Waals surface area (Å²) < 4.78 is 5.20. The molecule has 0 amide bonds. The molecule has 1 N–H and O–H groups in total. The van der Waals surface area contributed by atoms with Crippen LogP contribution in [0.5, 0.6) is 0 Å². The van der Waals surface area contributed by atoms with E-state index in [0.717, 1.165) is 0 Å². The smallest absolute Gasteiger partial charge is 0.221 e. The molecule has 78 valence electrons. The average Bonchev–Trinajstić information content (AvgIpc) is 2.69. The third-order valence-electron chi connectivity index (χ3n) is 2.01. The summed E-state index contributed by atoms with van der Waals surface area (Å²) in [6, 6.07) is 5.01. The van der Waals surface area contributed by atoms with Crippen LogP contribution in [0.4, 0.5) is 0 Å². The first-order valence-electron chi connectivity index (χ1n) is 4.34. The maximum atomic E-state index is 11.4. The Balaban J connectivity index is 2.50. The number of alkyl halides is 1. The number of benzene rings is 1. The van der Waals surface area contributed by atoms with Gasteiger partial charge in [-0.15, -0.1) is 0 Å². The molecule has 0 aliphatic heterocycles. The van der Waals surface area contributed by atoms with E-state index < -0.39 is 0 Å². The minimum atomic E-state index is -0.240. The van der Waals surface area contributed by atoms with Gasteiger partial charge in [0.2, 0.25) is 5.89 Å². The van der Waals surface area contributed by atoms with Gasteiger partial charge in [0.05, 0.1) is 5.33 Å². The van der Waals surface area contributed by atoms with E-state index in [0.29, 0.717) is 16.7 Å².